The largest absolute Gasteiger partial charge is 0.497 e. The number of aromatic nitrogens is 2. The molecule has 6 nitrogen and oxygen atoms in total. The van der Waals surface area contributed by atoms with Crippen LogP contribution in [0.2, 0.25) is 0 Å². The second kappa shape index (κ2) is 7.17. The van der Waals surface area contributed by atoms with E-state index in [-0.39, 0.29) is 0 Å². The lowest BCUT2D eigenvalue weighted by atomic mass is 9.95. The number of nitrogens with two attached hydrogens (primary N) is 1. The van der Waals surface area contributed by atoms with Crippen molar-refractivity contribution in [1.82, 2.24) is 9.97 Å². The topological polar surface area (TPSA) is 85.1 Å². The number of nitrogens with zero attached hydrogens (tertiary/aromatic N) is 2. The third-order valence-electron chi connectivity index (χ3n) is 4.16. The van der Waals surface area contributed by atoms with Crippen molar-refractivity contribution < 1.29 is 4.74 Å². The van der Waals surface area contributed by atoms with Crippen LogP contribution in [-0.4, -0.2) is 23.1 Å². The monoisotopic (exact) mass is 313 g/mol. The van der Waals surface area contributed by atoms with Crippen molar-refractivity contribution in [3.05, 3.63) is 30.6 Å². The van der Waals surface area contributed by atoms with Crippen LogP contribution in [0.25, 0.3) is 0 Å². The number of rotatable bonds is 5. The second-order valence-corrected chi connectivity index (χ2v) is 5.82. The predicted octanol–water partition coefficient (Wildman–Crippen LogP) is 3.56. The fourth-order valence-corrected chi connectivity index (χ4v) is 2.89. The molecule has 0 radical (unpaired) electrons. The highest BCUT2D eigenvalue weighted by Gasteiger charge is 2.16. The number of nitrogens with one attached hydrogen (secondary N) is 2. The van der Waals surface area contributed by atoms with Crippen molar-refractivity contribution in [3.8, 4) is 5.75 Å². The Bertz CT molecular complexity index is 655. The molecule has 0 unspecified atom stereocenters. The van der Waals surface area contributed by atoms with E-state index in [4.69, 9.17) is 10.5 Å². The summed E-state index contributed by atoms with van der Waals surface area (Å²) in [6.45, 7) is 0. The Balaban J connectivity index is 1.75. The number of anilines is 4. The van der Waals surface area contributed by atoms with Crippen LogP contribution < -0.4 is 21.1 Å². The Morgan fingerprint density at radius 1 is 1.13 bits per heavy atom. The van der Waals surface area contributed by atoms with Crippen molar-refractivity contribution in [3.63, 3.8) is 0 Å². The first kappa shape index (κ1) is 15.4. The number of methoxy groups -OCH3 is 1. The molecular formula is C17H23N5O. The van der Waals surface area contributed by atoms with Crippen LogP contribution in [0.5, 0.6) is 5.75 Å². The summed E-state index contributed by atoms with van der Waals surface area (Å²) in [6, 6.07) is 8.10. The van der Waals surface area contributed by atoms with Crippen LogP contribution in [0, 0.1) is 0 Å². The molecule has 1 aromatic heterocycles. The van der Waals surface area contributed by atoms with Gasteiger partial charge in [0.15, 0.2) is 11.6 Å². The summed E-state index contributed by atoms with van der Waals surface area (Å²) in [5, 5.41) is 6.69. The van der Waals surface area contributed by atoms with Gasteiger partial charge < -0.3 is 21.1 Å². The lowest BCUT2D eigenvalue weighted by molar-refractivity contribution is 0.415. The molecule has 6 heteroatoms. The van der Waals surface area contributed by atoms with Gasteiger partial charge in [0.1, 0.15) is 17.8 Å². The SMILES string of the molecule is COc1cccc(Nc2ncnc(NC3CCCCC3)c2N)c1. The van der Waals surface area contributed by atoms with Gasteiger partial charge in [-0.05, 0) is 25.0 Å². The molecular weight excluding hydrogens is 290 g/mol. The number of hydrogen-bond acceptors (Lipinski definition) is 6. The molecule has 0 saturated heterocycles. The molecule has 0 bridgehead atoms. The first-order valence-electron chi connectivity index (χ1n) is 8.04. The van der Waals surface area contributed by atoms with Crippen LogP contribution in [-0.2, 0) is 0 Å². The molecule has 3 rings (SSSR count). The quantitative estimate of drug-likeness (QED) is 0.782. The Hall–Kier alpha value is -2.50. The van der Waals surface area contributed by atoms with Crippen molar-refractivity contribution >= 4 is 23.0 Å². The minimum absolute atomic E-state index is 0.450. The van der Waals surface area contributed by atoms with Gasteiger partial charge in [0.25, 0.3) is 0 Å². The van der Waals surface area contributed by atoms with Gasteiger partial charge in [0, 0.05) is 17.8 Å². The summed E-state index contributed by atoms with van der Waals surface area (Å²) in [5.41, 5.74) is 7.65. The molecule has 1 aliphatic carbocycles. The van der Waals surface area contributed by atoms with Crippen LogP contribution in [0.15, 0.2) is 30.6 Å². The molecule has 0 atom stereocenters. The van der Waals surface area contributed by atoms with Gasteiger partial charge in [-0.1, -0.05) is 25.3 Å². The molecule has 0 aliphatic heterocycles. The molecule has 2 aromatic rings. The van der Waals surface area contributed by atoms with Gasteiger partial charge in [-0.3, -0.25) is 0 Å². The van der Waals surface area contributed by atoms with E-state index in [1.165, 1.54) is 38.4 Å². The van der Waals surface area contributed by atoms with Crippen molar-refractivity contribution in [1.29, 1.82) is 0 Å². The smallest absolute Gasteiger partial charge is 0.159 e. The standard InChI is InChI=1S/C17H23N5O/c1-23-14-9-5-8-13(10-14)22-17-15(18)16(19-11-20-17)21-12-6-3-2-4-7-12/h5,8-12H,2-4,6-7,18H2,1H3,(H2,19,20,21,22). The number of nitrogen functional groups attached to an aromatic ring is 1. The van der Waals surface area contributed by atoms with Gasteiger partial charge in [0.05, 0.1) is 7.11 Å². The van der Waals surface area contributed by atoms with E-state index in [1.807, 2.05) is 24.3 Å². The number of ether oxygens (including phenoxy) is 1. The first-order chi connectivity index (χ1) is 11.3. The fourth-order valence-electron chi connectivity index (χ4n) is 2.89. The second-order valence-electron chi connectivity index (χ2n) is 5.82. The zero-order valence-corrected chi connectivity index (χ0v) is 13.4. The maximum absolute atomic E-state index is 6.24. The summed E-state index contributed by atoms with van der Waals surface area (Å²) in [6.07, 6.45) is 7.71. The van der Waals surface area contributed by atoms with Crippen LogP contribution in [0.3, 0.4) is 0 Å². The van der Waals surface area contributed by atoms with Crippen LogP contribution >= 0.6 is 0 Å². The molecule has 23 heavy (non-hydrogen) atoms. The van der Waals surface area contributed by atoms with E-state index in [0.717, 1.165) is 11.4 Å². The number of hydrogen-bond donors (Lipinski definition) is 3. The Morgan fingerprint density at radius 2 is 1.91 bits per heavy atom. The van der Waals surface area contributed by atoms with Crippen LogP contribution in [0.4, 0.5) is 23.0 Å². The van der Waals surface area contributed by atoms with Crippen molar-refractivity contribution in [2.75, 3.05) is 23.5 Å². The zero-order valence-electron chi connectivity index (χ0n) is 13.4. The molecule has 1 aromatic carbocycles. The fraction of sp³-hybridized carbons (Fsp3) is 0.412. The van der Waals surface area contributed by atoms with E-state index in [9.17, 15) is 0 Å². The number of benzene rings is 1. The third kappa shape index (κ3) is 3.83. The molecule has 122 valence electrons. The maximum atomic E-state index is 6.24. The predicted molar refractivity (Wildman–Crippen MR) is 93.2 cm³/mol. The molecule has 0 amide bonds. The van der Waals surface area contributed by atoms with E-state index in [0.29, 0.717) is 23.4 Å². The summed E-state index contributed by atoms with van der Waals surface area (Å²) in [5.74, 6) is 2.09. The highest BCUT2D eigenvalue weighted by atomic mass is 16.5. The molecule has 1 aliphatic rings. The highest BCUT2D eigenvalue weighted by Crippen LogP contribution is 2.29. The summed E-state index contributed by atoms with van der Waals surface area (Å²) >= 11 is 0. The van der Waals surface area contributed by atoms with Gasteiger partial charge >= 0.3 is 0 Å². The average Bonchev–Trinajstić information content (AvgIpc) is 2.59. The lowest BCUT2D eigenvalue weighted by Crippen LogP contribution is -2.23. The molecule has 1 heterocycles. The van der Waals surface area contributed by atoms with Crippen LogP contribution in [0.1, 0.15) is 32.1 Å². The van der Waals surface area contributed by atoms with Crippen molar-refractivity contribution in [2.24, 2.45) is 0 Å². The molecule has 1 fully saturated rings. The van der Waals surface area contributed by atoms with Gasteiger partial charge in [-0.2, -0.15) is 0 Å². The normalized spacial score (nSPS) is 15.2. The van der Waals surface area contributed by atoms with E-state index in [2.05, 4.69) is 20.6 Å². The first-order valence-corrected chi connectivity index (χ1v) is 8.04. The maximum Gasteiger partial charge on any atom is 0.159 e. The third-order valence-corrected chi connectivity index (χ3v) is 4.16. The minimum atomic E-state index is 0.450. The summed E-state index contributed by atoms with van der Waals surface area (Å²) in [7, 11) is 1.64. The van der Waals surface area contributed by atoms with Gasteiger partial charge in [0.2, 0.25) is 0 Å². The van der Waals surface area contributed by atoms with Crippen molar-refractivity contribution in [2.45, 2.75) is 38.1 Å². The summed E-state index contributed by atoms with van der Waals surface area (Å²) in [4.78, 5) is 8.55. The summed E-state index contributed by atoms with van der Waals surface area (Å²) < 4.78 is 5.23. The Kier molecular flexibility index (Phi) is 4.80. The molecule has 4 N–H and O–H groups in total. The van der Waals surface area contributed by atoms with Gasteiger partial charge in [-0.15, -0.1) is 0 Å². The Labute approximate surface area is 136 Å². The lowest BCUT2D eigenvalue weighted by Gasteiger charge is -2.24. The molecule has 1 saturated carbocycles. The van der Waals surface area contributed by atoms with E-state index >= 15 is 0 Å². The highest BCUT2D eigenvalue weighted by molar-refractivity contribution is 5.77. The Morgan fingerprint density at radius 3 is 2.70 bits per heavy atom. The average molecular weight is 313 g/mol. The van der Waals surface area contributed by atoms with Gasteiger partial charge in [-0.25, -0.2) is 9.97 Å². The van der Waals surface area contributed by atoms with E-state index in [1.54, 1.807) is 7.11 Å². The molecule has 0 spiro atoms. The zero-order chi connectivity index (χ0) is 16.1. The van der Waals surface area contributed by atoms with E-state index < -0.39 is 0 Å². The minimum Gasteiger partial charge on any atom is -0.497 e.